The maximum atomic E-state index is 11.3. The van der Waals surface area contributed by atoms with Crippen molar-refractivity contribution >= 4 is 12.2 Å². The van der Waals surface area contributed by atoms with Crippen molar-refractivity contribution in [3.63, 3.8) is 0 Å². The highest BCUT2D eigenvalue weighted by atomic mass is 16.1. The molecule has 0 saturated carbocycles. The van der Waals surface area contributed by atoms with Gasteiger partial charge in [-0.3, -0.25) is 4.79 Å². The minimum Gasteiger partial charge on any atom is -0.356 e. The Morgan fingerprint density at radius 2 is 1.75 bits per heavy atom. The van der Waals surface area contributed by atoms with E-state index in [1.807, 2.05) is 0 Å². The lowest BCUT2D eigenvalue weighted by Gasteiger charge is -2.03. The summed E-state index contributed by atoms with van der Waals surface area (Å²) in [6.45, 7) is 2.83. The van der Waals surface area contributed by atoms with Crippen LogP contribution in [-0.2, 0) is 9.59 Å². The van der Waals surface area contributed by atoms with Crippen molar-refractivity contribution < 1.29 is 9.59 Å². The van der Waals surface area contributed by atoms with Crippen molar-refractivity contribution in [1.82, 2.24) is 5.32 Å². The number of aldehydes is 1. The van der Waals surface area contributed by atoms with Crippen LogP contribution in [-0.4, -0.2) is 18.7 Å². The molecule has 0 heterocycles. The number of amides is 1. The smallest absolute Gasteiger partial charge is 0.219 e. The van der Waals surface area contributed by atoms with Crippen LogP contribution in [0.4, 0.5) is 0 Å². The third kappa shape index (κ3) is 11.2. The Morgan fingerprint density at radius 3 is 2.44 bits per heavy atom. The van der Waals surface area contributed by atoms with Gasteiger partial charge in [0.15, 0.2) is 0 Å². The summed E-state index contributed by atoms with van der Waals surface area (Å²) < 4.78 is 0. The van der Waals surface area contributed by atoms with E-state index >= 15 is 0 Å². The summed E-state index contributed by atoms with van der Waals surface area (Å²) in [5.74, 6) is 0.126. The predicted octanol–water partition coefficient (Wildman–Crippen LogP) is 2.83. The molecule has 94 valence electrons. The second kappa shape index (κ2) is 12.2. The van der Waals surface area contributed by atoms with Crippen LogP contribution in [0.3, 0.4) is 0 Å². The Labute approximate surface area is 99.0 Å². The lowest BCUT2D eigenvalue weighted by molar-refractivity contribution is -0.121. The lowest BCUT2D eigenvalue weighted by atomic mass is 10.1. The largest absolute Gasteiger partial charge is 0.356 e. The highest BCUT2D eigenvalue weighted by Gasteiger charge is 1.99. The van der Waals surface area contributed by atoms with E-state index in [1.54, 1.807) is 0 Å². The molecule has 0 atom stereocenters. The van der Waals surface area contributed by atoms with Crippen molar-refractivity contribution in [3.05, 3.63) is 0 Å². The molecule has 0 saturated heterocycles. The summed E-state index contributed by atoms with van der Waals surface area (Å²) in [5, 5.41) is 2.82. The van der Waals surface area contributed by atoms with Crippen LogP contribution in [0, 0.1) is 0 Å². The Balaban J connectivity index is 3.14. The summed E-state index contributed by atoms with van der Waals surface area (Å²) >= 11 is 0. The second-order valence-electron chi connectivity index (χ2n) is 4.18. The zero-order chi connectivity index (χ0) is 12.1. The minimum atomic E-state index is 0.126. The first kappa shape index (κ1) is 15.1. The van der Waals surface area contributed by atoms with Crippen LogP contribution >= 0.6 is 0 Å². The second-order valence-corrected chi connectivity index (χ2v) is 4.18. The summed E-state index contributed by atoms with van der Waals surface area (Å²) in [6, 6.07) is 0. The van der Waals surface area contributed by atoms with Gasteiger partial charge in [-0.25, -0.2) is 0 Å². The van der Waals surface area contributed by atoms with E-state index in [4.69, 9.17) is 0 Å². The summed E-state index contributed by atoms with van der Waals surface area (Å²) in [4.78, 5) is 21.3. The maximum absolute atomic E-state index is 11.3. The van der Waals surface area contributed by atoms with E-state index in [9.17, 15) is 9.59 Å². The number of rotatable bonds is 11. The van der Waals surface area contributed by atoms with Gasteiger partial charge < -0.3 is 10.1 Å². The van der Waals surface area contributed by atoms with Gasteiger partial charge in [0.2, 0.25) is 5.91 Å². The van der Waals surface area contributed by atoms with Crippen molar-refractivity contribution in [3.8, 4) is 0 Å². The third-order valence-electron chi connectivity index (χ3n) is 2.58. The molecule has 3 heteroatoms. The van der Waals surface area contributed by atoms with Gasteiger partial charge in [-0.2, -0.15) is 0 Å². The van der Waals surface area contributed by atoms with Gasteiger partial charge in [-0.15, -0.1) is 0 Å². The number of unbranched alkanes of at least 4 members (excludes halogenated alkanes) is 6. The SMILES string of the molecule is CCCCCCCCC(=O)NCCCC=O. The summed E-state index contributed by atoms with van der Waals surface area (Å²) in [6.07, 6.45) is 10.1. The first-order valence-corrected chi connectivity index (χ1v) is 6.51. The molecule has 0 unspecified atom stereocenters. The van der Waals surface area contributed by atoms with E-state index in [0.717, 1.165) is 25.5 Å². The highest BCUT2D eigenvalue weighted by Crippen LogP contribution is 2.06. The van der Waals surface area contributed by atoms with Gasteiger partial charge in [0.05, 0.1) is 0 Å². The van der Waals surface area contributed by atoms with Gasteiger partial charge in [-0.1, -0.05) is 39.0 Å². The van der Waals surface area contributed by atoms with E-state index < -0.39 is 0 Å². The number of carbonyl (C=O) groups is 2. The Bertz CT molecular complexity index is 181. The topological polar surface area (TPSA) is 46.2 Å². The zero-order valence-electron chi connectivity index (χ0n) is 10.5. The van der Waals surface area contributed by atoms with Crippen molar-refractivity contribution in [1.29, 1.82) is 0 Å². The first-order valence-electron chi connectivity index (χ1n) is 6.51. The van der Waals surface area contributed by atoms with E-state index in [2.05, 4.69) is 12.2 Å². The molecule has 1 amide bonds. The molecule has 0 aromatic heterocycles. The number of hydrogen-bond acceptors (Lipinski definition) is 2. The number of hydrogen-bond donors (Lipinski definition) is 1. The molecule has 0 bridgehead atoms. The fourth-order valence-corrected chi connectivity index (χ4v) is 1.57. The fraction of sp³-hybridized carbons (Fsp3) is 0.846. The lowest BCUT2D eigenvalue weighted by Crippen LogP contribution is -2.24. The van der Waals surface area contributed by atoms with E-state index in [0.29, 0.717) is 19.4 Å². The standard InChI is InChI=1S/C13H25NO2/c1-2-3-4-5-6-7-10-13(16)14-11-8-9-12-15/h12H,2-11H2,1H3,(H,14,16). The molecule has 0 aromatic carbocycles. The first-order chi connectivity index (χ1) is 7.81. The predicted molar refractivity (Wildman–Crippen MR) is 66.3 cm³/mol. The van der Waals surface area contributed by atoms with E-state index in [1.165, 1.54) is 25.7 Å². The molecule has 0 rings (SSSR count). The molecule has 0 fully saturated rings. The van der Waals surface area contributed by atoms with E-state index in [-0.39, 0.29) is 5.91 Å². The van der Waals surface area contributed by atoms with Gasteiger partial charge in [0.1, 0.15) is 6.29 Å². The zero-order valence-corrected chi connectivity index (χ0v) is 10.5. The molecule has 0 aliphatic rings. The Kier molecular flexibility index (Phi) is 11.6. The molecule has 16 heavy (non-hydrogen) atoms. The minimum absolute atomic E-state index is 0.126. The Hall–Kier alpha value is -0.860. The normalized spacial score (nSPS) is 10.1. The molecule has 0 aromatic rings. The quantitative estimate of drug-likeness (QED) is 0.436. The van der Waals surface area contributed by atoms with Crippen LogP contribution in [0.15, 0.2) is 0 Å². The molecule has 1 N–H and O–H groups in total. The third-order valence-corrected chi connectivity index (χ3v) is 2.58. The number of nitrogens with one attached hydrogen (secondary N) is 1. The number of carbonyl (C=O) groups excluding carboxylic acids is 2. The molecule has 0 aliphatic heterocycles. The van der Waals surface area contributed by atoms with Gasteiger partial charge in [0.25, 0.3) is 0 Å². The molecular weight excluding hydrogens is 202 g/mol. The van der Waals surface area contributed by atoms with Gasteiger partial charge in [-0.05, 0) is 12.8 Å². The van der Waals surface area contributed by atoms with Crippen LogP contribution in [0.25, 0.3) is 0 Å². The van der Waals surface area contributed by atoms with Crippen LogP contribution in [0.2, 0.25) is 0 Å². The molecular formula is C13H25NO2. The molecule has 3 nitrogen and oxygen atoms in total. The molecule has 0 radical (unpaired) electrons. The van der Waals surface area contributed by atoms with Crippen LogP contribution in [0.1, 0.15) is 64.7 Å². The van der Waals surface area contributed by atoms with Crippen molar-refractivity contribution in [2.45, 2.75) is 64.7 Å². The fourth-order valence-electron chi connectivity index (χ4n) is 1.57. The monoisotopic (exact) mass is 227 g/mol. The van der Waals surface area contributed by atoms with Crippen molar-refractivity contribution in [2.75, 3.05) is 6.54 Å². The maximum Gasteiger partial charge on any atom is 0.219 e. The Morgan fingerprint density at radius 1 is 1.06 bits per heavy atom. The van der Waals surface area contributed by atoms with Crippen LogP contribution < -0.4 is 5.32 Å². The average Bonchev–Trinajstić information content (AvgIpc) is 2.29. The molecule has 0 spiro atoms. The average molecular weight is 227 g/mol. The highest BCUT2D eigenvalue weighted by molar-refractivity contribution is 5.75. The summed E-state index contributed by atoms with van der Waals surface area (Å²) in [7, 11) is 0. The molecule has 0 aliphatic carbocycles. The van der Waals surface area contributed by atoms with Crippen molar-refractivity contribution in [2.24, 2.45) is 0 Å². The van der Waals surface area contributed by atoms with Gasteiger partial charge >= 0.3 is 0 Å². The van der Waals surface area contributed by atoms with Gasteiger partial charge in [0, 0.05) is 19.4 Å². The van der Waals surface area contributed by atoms with Crippen LogP contribution in [0.5, 0.6) is 0 Å². The summed E-state index contributed by atoms with van der Waals surface area (Å²) in [5.41, 5.74) is 0.